The van der Waals surface area contributed by atoms with Crippen LogP contribution in [-0.2, 0) is 4.79 Å². The fourth-order valence-corrected chi connectivity index (χ4v) is 2.73. The first-order chi connectivity index (χ1) is 13.4. The molecule has 28 heavy (non-hydrogen) atoms. The van der Waals surface area contributed by atoms with Crippen LogP contribution >= 0.6 is 0 Å². The monoisotopic (exact) mass is 384 g/mol. The zero-order chi connectivity index (χ0) is 20.8. The van der Waals surface area contributed by atoms with Crippen molar-refractivity contribution >= 4 is 5.97 Å². The van der Waals surface area contributed by atoms with Gasteiger partial charge in [-0.3, -0.25) is 0 Å². The van der Waals surface area contributed by atoms with Crippen LogP contribution in [0, 0.1) is 11.8 Å². The third-order valence-electron chi connectivity index (χ3n) is 4.61. The van der Waals surface area contributed by atoms with Gasteiger partial charge in [-0.1, -0.05) is 63.9 Å². The summed E-state index contributed by atoms with van der Waals surface area (Å²) in [4.78, 5) is 11.2. The van der Waals surface area contributed by atoms with Crippen molar-refractivity contribution in [1.82, 2.24) is 0 Å². The normalized spacial score (nSPS) is 11.6. The first kappa shape index (κ1) is 23.8. The summed E-state index contributed by atoms with van der Waals surface area (Å²) in [5.41, 5.74) is 0.896. The van der Waals surface area contributed by atoms with Crippen molar-refractivity contribution in [2.75, 3.05) is 0 Å². The topological polar surface area (TPSA) is 46.5 Å². The molecule has 1 rings (SSSR count). The van der Waals surface area contributed by atoms with Gasteiger partial charge in [0.2, 0.25) is 0 Å². The molecule has 3 heteroatoms. The number of unbranched alkanes of at least 4 members (excludes halogenated alkanes) is 6. The fraction of sp³-hybridized carbons (Fsp3) is 0.560. The minimum atomic E-state index is -1.25. The Morgan fingerprint density at radius 2 is 1.68 bits per heavy atom. The lowest BCUT2D eigenvalue weighted by atomic mass is 10.0. The van der Waals surface area contributed by atoms with Gasteiger partial charge in [-0.2, -0.15) is 0 Å². The molecule has 0 bridgehead atoms. The molecule has 0 heterocycles. The second-order valence-corrected chi connectivity index (χ2v) is 7.73. The molecule has 0 spiro atoms. The zero-order valence-electron chi connectivity index (χ0n) is 18.0. The zero-order valence-corrected chi connectivity index (χ0v) is 18.0. The molecule has 0 atom stereocenters. The summed E-state index contributed by atoms with van der Waals surface area (Å²) in [5.74, 6) is 6.15. The second-order valence-electron chi connectivity index (χ2n) is 7.73. The van der Waals surface area contributed by atoms with Gasteiger partial charge in [0.05, 0.1) is 0 Å². The Morgan fingerprint density at radius 1 is 1.04 bits per heavy atom. The van der Waals surface area contributed by atoms with E-state index in [1.54, 1.807) is 12.1 Å². The standard InChI is InChI=1S/C25H36O3/c1-5-7-9-11-13-21(14-12-10-8-6-2)15-16-22-17-19-23(20-18-22)28-25(3,4)24(26)27/h13,17-20H,5-12,14H2,1-4H3,(H,26,27). The predicted molar refractivity (Wildman–Crippen MR) is 117 cm³/mol. The maximum Gasteiger partial charge on any atom is 0.347 e. The van der Waals surface area contributed by atoms with Crippen LogP contribution in [0.25, 0.3) is 0 Å². The van der Waals surface area contributed by atoms with E-state index in [1.807, 2.05) is 12.1 Å². The van der Waals surface area contributed by atoms with Gasteiger partial charge in [-0.15, -0.1) is 0 Å². The summed E-state index contributed by atoms with van der Waals surface area (Å²) in [5, 5.41) is 9.16. The molecule has 3 nitrogen and oxygen atoms in total. The first-order valence-electron chi connectivity index (χ1n) is 10.6. The molecule has 0 aliphatic rings. The molecule has 1 aromatic rings. The van der Waals surface area contributed by atoms with E-state index >= 15 is 0 Å². The molecule has 1 aromatic carbocycles. The van der Waals surface area contributed by atoms with E-state index in [9.17, 15) is 4.79 Å². The molecule has 0 saturated heterocycles. The van der Waals surface area contributed by atoms with Crippen LogP contribution in [0.2, 0.25) is 0 Å². The van der Waals surface area contributed by atoms with Gasteiger partial charge < -0.3 is 9.84 Å². The third kappa shape index (κ3) is 9.65. The van der Waals surface area contributed by atoms with Gasteiger partial charge in [-0.05, 0) is 69.4 Å². The van der Waals surface area contributed by atoms with E-state index in [0.717, 1.165) is 18.4 Å². The Bertz CT molecular complexity index is 672. The number of carboxylic acids is 1. The number of ether oxygens (including phenoxy) is 1. The fourth-order valence-electron chi connectivity index (χ4n) is 2.73. The quantitative estimate of drug-likeness (QED) is 0.320. The van der Waals surface area contributed by atoms with E-state index in [4.69, 9.17) is 9.84 Å². The van der Waals surface area contributed by atoms with Gasteiger partial charge in [0.1, 0.15) is 5.75 Å². The SMILES string of the molecule is CCCCCC=C(C#Cc1ccc(OC(C)(C)C(=O)O)cc1)CCCCCC. The highest BCUT2D eigenvalue weighted by Gasteiger charge is 2.29. The van der Waals surface area contributed by atoms with Gasteiger partial charge in [0.25, 0.3) is 0 Å². The molecule has 0 radical (unpaired) electrons. The lowest BCUT2D eigenvalue weighted by molar-refractivity contribution is -0.152. The number of hydrogen-bond donors (Lipinski definition) is 1. The van der Waals surface area contributed by atoms with E-state index in [1.165, 1.54) is 64.4 Å². The molecule has 1 N–H and O–H groups in total. The van der Waals surface area contributed by atoms with Gasteiger partial charge in [0, 0.05) is 5.56 Å². The van der Waals surface area contributed by atoms with E-state index in [-0.39, 0.29) is 0 Å². The maximum absolute atomic E-state index is 11.2. The van der Waals surface area contributed by atoms with E-state index in [2.05, 4.69) is 31.8 Å². The summed E-state index contributed by atoms with van der Waals surface area (Å²) in [6.07, 6.45) is 13.2. The number of carboxylic acid groups (broad SMARTS) is 1. The molecule has 0 unspecified atom stereocenters. The molecule has 0 saturated carbocycles. The van der Waals surface area contributed by atoms with E-state index in [0.29, 0.717) is 5.75 Å². The molecule has 0 aromatic heterocycles. The summed E-state index contributed by atoms with van der Waals surface area (Å²) >= 11 is 0. The van der Waals surface area contributed by atoms with Crippen LogP contribution in [0.15, 0.2) is 35.9 Å². The number of benzene rings is 1. The van der Waals surface area contributed by atoms with Gasteiger partial charge in [-0.25, -0.2) is 4.79 Å². The highest BCUT2D eigenvalue weighted by atomic mass is 16.5. The Morgan fingerprint density at radius 3 is 2.29 bits per heavy atom. The number of hydrogen-bond acceptors (Lipinski definition) is 2. The van der Waals surface area contributed by atoms with Crippen LogP contribution in [0.4, 0.5) is 0 Å². The molecule has 0 amide bonds. The Kier molecular flexibility index (Phi) is 11.1. The van der Waals surface area contributed by atoms with Crippen LogP contribution in [-0.4, -0.2) is 16.7 Å². The maximum atomic E-state index is 11.2. The molecule has 0 fully saturated rings. The molecule has 154 valence electrons. The summed E-state index contributed by atoms with van der Waals surface area (Å²) in [6.45, 7) is 7.53. The molecule has 0 aliphatic heterocycles. The van der Waals surface area contributed by atoms with Gasteiger partial charge in [0.15, 0.2) is 5.60 Å². The number of aliphatic carboxylic acids is 1. The van der Waals surface area contributed by atoms with E-state index < -0.39 is 11.6 Å². The highest BCUT2D eigenvalue weighted by Crippen LogP contribution is 2.19. The predicted octanol–water partition coefficient (Wildman–Crippen LogP) is 6.76. The Labute approximate surface area is 171 Å². The van der Waals surface area contributed by atoms with Crippen molar-refractivity contribution in [1.29, 1.82) is 0 Å². The van der Waals surface area contributed by atoms with Crippen LogP contribution in [0.3, 0.4) is 0 Å². The molecular weight excluding hydrogens is 348 g/mol. The number of rotatable bonds is 12. The Balaban J connectivity index is 2.76. The minimum absolute atomic E-state index is 0.535. The van der Waals surface area contributed by atoms with Crippen molar-refractivity contribution in [3.8, 4) is 17.6 Å². The summed E-state index contributed by atoms with van der Waals surface area (Å²) in [7, 11) is 0. The van der Waals surface area contributed by atoms with Crippen LogP contribution in [0.5, 0.6) is 5.75 Å². The van der Waals surface area contributed by atoms with Crippen molar-refractivity contribution < 1.29 is 14.6 Å². The summed E-state index contributed by atoms with van der Waals surface area (Å²) < 4.78 is 5.54. The van der Waals surface area contributed by atoms with Gasteiger partial charge >= 0.3 is 5.97 Å². The van der Waals surface area contributed by atoms with Crippen LogP contribution < -0.4 is 4.74 Å². The lowest BCUT2D eigenvalue weighted by Crippen LogP contribution is -2.37. The lowest BCUT2D eigenvalue weighted by Gasteiger charge is -2.21. The smallest absolute Gasteiger partial charge is 0.347 e. The second kappa shape index (κ2) is 13.0. The first-order valence-corrected chi connectivity index (χ1v) is 10.6. The summed E-state index contributed by atoms with van der Waals surface area (Å²) in [6, 6.07) is 7.32. The average molecular weight is 385 g/mol. The average Bonchev–Trinajstić information content (AvgIpc) is 2.66. The van der Waals surface area contributed by atoms with Crippen molar-refractivity contribution in [2.24, 2.45) is 0 Å². The van der Waals surface area contributed by atoms with Crippen LogP contribution in [0.1, 0.15) is 91.0 Å². The number of allylic oxidation sites excluding steroid dienone is 2. The minimum Gasteiger partial charge on any atom is -0.478 e. The van der Waals surface area contributed by atoms with Crippen molar-refractivity contribution in [3.63, 3.8) is 0 Å². The Hall–Kier alpha value is -2.21. The molecular formula is C25H36O3. The highest BCUT2D eigenvalue weighted by molar-refractivity contribution is 5.76. The largest absolute Gasteiger partial charge is 0.478 e. The van der Waals surface area contributed by atoms with Crippen molar-refractivity contribution in [2.45, 2.75) is 91.1 Å². The van der Waals surface area contributed by atoms with Crippen molar-refractivity contribution in [3.05, 3.63) is 41.5 Å². The molecule has 0 aliphatic carbocycles. The number of carbonyl (C=O) groups is 1. The third-order valence-corrected chi connectivity index (χ3v) is 4.61.